The fourth-order valence-electron chi connectivity index (χ4n) is 2.52. The van der Waals surface area contributed by atoms with Crippen molar-refractivity contribution in [3.63, 3.8) is 0 Å². The lowest BCUT2D eigenvalue weighted by Gasteiger charge is -2.32. The molecular weight excluding hydrogens is 256 g/mol. The predicted octanol–water partition coefficient (Wildman–Crippen LogP) is 3.67. The summed E-state index contributed by atoms with van der Waals surface area (Å²) in [6, 6.07) is 21.3. The Morgan fingerprint density at radius 3 is 1.62 bits per heavy atom. The van der Waals surface area contributed by atoms with E-state index in [0.717, 1.165) is 19.6 Å². The van der Waals surface area contributed by atoms with E-state index in [2.05, 4.69) is 79.4 Å². The Bertz CT molecular complexity index is 478. The molecule has 2 aromatic rings. The van der Waals surface area contributed by atoms with Crippen molar-refractivity contribution >= 4 is 0 Å². The Morgan fingerprint density at radius 2 is 1.24 bits per heavy atom. The van der Waals surface area contributed by atoms with Crippen LogP contribution in [0.15, 0.2) is 60.7 Å². The fraction of sp³-hybridized carbons (Fsp3) is 0.368. The smallest absolute Gasteiger partial charge is 0.0237 e. The Balaban J connectivity index is 2.10. The molecule has 0 bridgehead atoms. The van der Waals surface area contributed by atoms with E-state index < -0.39 is 0 Å². The predicted molar refractivity (Wildman–Crippen MR) is 89.8 cm³/mol. The third-order valence-electron chi connectivity index (χ3n) is 3.70. The van der Waals surface area contributed by atoms with E-state index in [1.807, 2.05) is 0 Å². The minimum Gasteiger partial charge on any atom is -0.330 e. The lowest BCUT2D eigenvalue weighted by atomic mass is 9.92. The number of hydrogen-bond donors (Lipinski definition) is 1. The summed E-state index contributed by atoms with van der Waals surface area (Å²) in [6.45, 7) is 8.07. The summed E-state index contributed by atoms with van der Waals surface area (Å²) in [4.78, 5) is 2.48. The summed E-state index contributed by atoms with van der Waals surface area (Å²) in [7, 11) is 0. The average Bonchev–Trinajstić information content (AvgIpc) is 2.49. The monoisotopic (exact) mass is 282 g/mol. The van der Waals surface area contributed by atoms with Crippen molar-refractivity contribution in [2.24, 2.45) is 11.1 Å². The van der Waals surface area contributed by atoms with Gasteiger partial charge in [0.25, 0.3) is 0 Å². The van der Waals surface area contributed by atoms with Crippen LogP contribution >= 0.6 is 0 Å². The molecule has 0 atom stereocenters. The lowest BCUT2D eigenvalue weighted by Crippen LogP contribution is -2.38. The van der Waals surface area contributed by atoms with Gasteiger partial charge in [0, 0.05) is 19.6 Å². The number of rotatable bonds is 7. The SMILES string of the molecule is CC(C)(CN)CN(Cc1ccccc1)Cc1ccccc1. The molecule has 0 radical (unpaired) electrons. The minimum absolute atomic E-state index is 0.129. The van der Waals surface area contributed by atoms with Gasteiger partial charge in [-0.1, -0.05) is 74.5 Å². The number of hydrogen-bond acceptors (Lipinski definition) is 2. The second-order valence-electron chi connectivity index (χ2n) is 6.48. The third kappa shape index (κ3) is 5.33. The van der Waals surface area contributed by atoms with Crippen LogP contribution in [0.5, 0.6) is 0 Å². The molecule has 0 amide bonds. The zero-order chi connectivity index (χ0) is 15.1. The summed E-state index contributed by atoms with van der Waals surface area (Å²) in [5.74, 6) is 0. The van der Waals surface area contributed by atoms with Gasteiger partial charge in [-0.2, -0.15) is 0 Å². The van der Waals surface area contributed by atoms with Crippen LogP contribution in [0.2, 0.25) is 0 Å². The van der Waals surface area contributed by atoms with Gasteiger partial charge in [-0.3, -0.25) is 4.90 Å². The van der Waals surface area contributed by atoms with Crippen molar-refractivity contribution in [3.8, 4) is 0 Å². The number of benzene rings is 2. The molecule has 0 aliphatic carbocycles. The Labute approximate surface area is 128 Å². The van der Waals surface area contributed by atoms with Gasteiger partial charge in [0.05, 0.1) is 0 Å². The standard InChI is InChI=1S/C19H26N2/c1-19(2,15-20)16-21(13-17-9-5-3-6-10-17)14-18-11-7-4-8-12-18/h3-12H,13-16,20H2,1-2H3. The molecular formula is C19H26N2. The van der Waals surface area contributed by atoms with E-state index in [1.54, 1.807) is 0 Å². The van der Waals surface area contributed by atoms with Crippen LogP contribution in [0.1, 0.15) is 25.0 Å². The van der Waals surface area contributed by atoms with Gasteiger partial charge in [0.2, 0.25) is 0 Å². The van der Waals surface area contributed by atoms with Gasteiger partial charge < -0.3 is 5.73 Å². The van der Waals surface area contributed by atoms with E-state index >= 15 is 0 Å². The van der Waals surface area contributed by atoms with E-state index in [9.17, 15) is 0 Å². The van der Waals surface area contributed by atoms with Crippen LogP contribution in [0.25, 0.3) is 0 Å². The maximum absolute atomic E-state index is 5.91. The van der Waals surface area contributed by atoms with Gasteiger partial charge in [-0.25, -0.2) is 0 Å². The molecule has 112 valence electrons. The van der Waals surface area contributed by atoms with Crippen LogP contribution in [0.3, 0.4) is 0 Å². The van der Waals surface area contributed by atoms with Gasteiger partial charge in [0.15, 0.2) is 0 Å². The molecule has 0 heterocycles. The van der Waals surface area contributed by atoms with Gasteiger partial charge in [0.1, 0.15) is 0 Å². The van der Waals surface area contributed by atoms with Gasteiger partial charge in [-0.05, 0) is 23.1 Å². The van der Waals surface area contributed by atoms with E-state index in [0.29, 0.717) is 6.54 Å². The molecule has 0 aromatic heterocycles. The highest BCUT2D eigenvalue weighted by Gasteiger charge is 2.20. The molecule has 0 saturated carbocycles. The molecule has 2 heteroatoms. The fourth-order valence-corrected chi connectivity index (χ4v) is 2.52. The highest BCUT2D eigenvalue weighted by molar-refractivity contribution is 5.17. The van der Waals surface area contributed by atoms with E-state index in [-0.39, 0.29) is 5.41 Å². The van der Waals surface area contributed by atoms with Crippen molar-refractivity contribution in [3.05, 3.63) is 71.8 Å². The maximum atomic E-state index is 5.91. The largest absolute Gasteiger partial charge is 0.330 e. The maximum Gasteiger partial charge on any atom is 0.0237 e. The van der Waals surface area contributed by atoms with Crippen molar-refractivity contribution in [2.45, 2.75) is 26.9 Å². The Morgan fingerprint density at radius 1 is 0.810 bits per heavy atom. The zero-order valence-electron chi connectivity index (χ0n) is 13.1. The summed E-state index contributed by atoms with van der Waals surface area (Å²) < 4.78 is 0. The molecule has 0 unspecified atom stereocenters. The number of nitrogens with zero attached hydrogens (tertiary/aromatic N) is 1. The molecule has 21 heavy (non-hydrogen) atoms. The van der Waals surface area contributed by atoms with Crippen LogP contribution in [0, 0.1) is 5.41 Å². The quantitative estimate of drug-likeness (QED) is 0.839. The highest BCUT2D eigenvalue weighted by atomic mass is 15.1. The van der Waals surface area contributed by atoms with Crippen molar-refractivity contribution < 1.29 is 0 Å². The van der Waals surface area contributed by atoms with E-state index in [1.165, 1.54) is 11.1 Å². The molecule has 2 rings (SSSR count). The minimum atomic E-state index is 0.129. The second-order valence-corrected chi connectivity index (χ2v) is 6.48. The molecule has 2 aromatic carbocycles. The van der Waals surface area contributed by atoms with Crippen LogP contribution in [0.4, 0.5) is 0 Å². The molecule has 0 saturated heterocycles. The first-order valence-electron chi connectivity index (χ1n) is 7.59. The summed E-state index contributed by atoms with van der Waals surface area (Å²) in [5, 5.41) is 0. The Kier molecular flexibility index (Phi) is 5.54. The molecule has 2 N–H and O–H groups in total. The normalized spacial score (nSPS) is 11.8. The van der Waals surface area contributed by atoms with Crippen molar-refractivity contribution in [1.29, 1.82) is 0 Å². The van der Waals surface area contributed by atoms with Gasteiger partial charge in [-0.15, -0.1) is 0 Å². The topological polar surface area (TPSA) is 29.3 Å². The summed E-state index contributed by atoms with van der Waals surface area (Å²) in [5.41, 5.74) is 8.74. The van der Waals surface area contributed by atoms with Crippen LogP contribution in [-0.4, -0.2) is 18.0 Å². The van der Waals surface area contributed by atoms with Crippen molar-refractivity contribution in [1.82, 2.24) is 4.90 Å². The zero-order valence-corrected chi connectivity index (χ0v) is 13.1. The number of nitrogens with two attached hydrogens (primary N) is 1. The molecule has 0 spiro atoms. The van der Waals surface area contributed by atoms with E-state index in [4.69, 9.17) is 5.73 Å². The summed E-state index contributed by atoms with van der Waals surface area (Å²) >= 11 is 0. The molecule has 2 nitrogen and oxygen atoms in total. The molecule has 0 fully saturated rings. The lowest BCUT2D eigenvalue weighted by molar-refractivity contribution is 0.168. The van der Waals surface area contributed by atoms with Crippen LogP contribution < -0.4 is 5.73 Å². The highest BCUT2D eigenvalue weighted by Crippen LogP contribution is 2.19. The molecule has 0 aliphatic heterocycles. The first-order valence-corrected chi connectivity index (χ1v) is 7.59. The van der Waals surface area contributed by atoms with Gasteiger partial charge >= 0.3 is 0 Å². The van der Waals surface area contributed by atoms with Crippen LogP contribution in [-0.2, 0) is 13.1 Å². The first kappa shape index (κ1) is 15.7. The Hall–Kier alpha value is -1.64. The second kappa shape index (κ2) is 7.39. The first-order chi connectivity index (χ1) is 10.1. The average molecular weight is 282 g/mol. The third-order valence-corrected chi connectivity index (χ3v) is 3.70. The molecule has 0 aliphatic rings. The van der Waals surface area contributed by atoms with Crippen molar-refractivity contribution in [2.75, 3.05) is 13.1 Å². The summed E-state index contributed by atoms with van der Waals surface area (Å²) in [6.07, 6.45) is 0.